The van der Waals surface area contributed by atoms with Gasteiger partial charge in [0, 0.05) is 6.42 Å². The van der Waals surface area contributed by atoms with E-state index in [1.54, 1.807) is 0 Å². The first kappa shape index (κ1) is 11.6. The number of aromatic nitrogens is 2. The highest BCUT2D eigenvalue weighted by atomic mass is 127. The maximum atomic E-state index is 5.35. The van der Waals surface area contributed by atoms with Crippen molar-refractivity contribution < 1.29 is 9.47 Å². The minimum atomic E-state index is 0.315. The first-order chi connectivity index (χ1) is 8.22. The molecule has 2 aromatic rings. The number of imidazole rings is 1. The predicted octanol–water partition coefficient (Wildman–Crippen LogP) is 2.94. The molecule has 0 bridgehead atoms. The summed E-state index contributed by atoms with van der Waals surface area (Å²) in [5, 5.41) is 0. The molecule has 0 unspecified atom stereocenters. The van der Waals surface area contributed by atoms with Crippen LogP contribution in [0.25, 0.3) is 0 Å². The normalized spacial score (nSPS) is 13.1. The second-order valence-electron chi connectivity index (χ2n) is 3.65. The number of halogens is 2. The number of benzene rings is 1. The Bertz CT molecular complexity index is 549. The van der Waals surface area contributed by atoms with Crippen molar-refractivity contribution in [3.05, 3.63) is 37.0 Å². The van der Waals surface area contributed by atoms with Crippen molar-refractivity contribution >= 4 is 45.2 Å². The zero-order chi connectivity index (χ0) is 11.8. The van der Waals surface area contributed by atoms with Crippen molar-refractivity contribution in [2.45, 2.75) is 6.42 Å². The summed E-state index contributed by atoms with van der Waals surface area (Å²) in [7, 11) is 0. The van der Waals surface area contributed by atoms with Gasteiger partial charge in [-0.05, 0) is 62.9 Å². The molecule has 1 aromatic carbocycles. The zero-order valence-corrected chi connectivity index (χ0v) is 13.0. The van der Waals surface area contributed by atoms with Gasteiger partial charge >= 0.3 is 0 Å². The van der Waals surface area contributed by atoms with E-state index in [0.717, 1.165) is 36.7 Å². The molecule has 1 aliphatic heterocycles. The average molecular weight is 454 g/mol. The molecule has 0 amide bonds. The van der Waals surface area contributed by atoms with Gasteiger partial charge in [-0.25, -0.2) is 4.98 Å². The molecule has 2 heterocycles. The van der Waals surface area contributed by atoms with Crippen LogP contribution in [0.1, 0.15) is 11.4 Å². The van der Waals surface area contributed by atoms with Crippen LogP contribution in [-0.4, -0.2) is 16.8 Å². The third-order valence-corrected chi connectivity index (χ3v) is 5.07. The van der Waals surface area contributed by atoms with Crippen molar-refractivity contribution in [3.8, 4) is 11.5 Å². The summed E-state index contributed by atoms with van der Waals surface area (Å²) in [6, 6.07) is 5.98. The van der Waals surface area contributed by atoms with Crippen LogP contribution in [0.15, 0.2) is 18.2 Å². The lowest BCUT2D eigenvalue weighted by Gasteiger charge is -2.00. The smallest absolute Gasteiger partial charge is 0.231 e. The summed E-state index contributed by atoms with van der Waals surface area (Å²) in [5.74, 6) is 2.61. The molecule has 1 aliphatic rings. The van der Waals surface area contributed by atoms with Crippen molar-refractivity contribution in [1.29, 1.82) is 0 Å². The van der Waals surface area contributed by atoms with Crippen molar-refractivity contribution in [3.63, 3.8) is 0 Å². The standard InChI is InChI=1S/C11H8I2N2O2/c12-10-11(13)15-9(14-10)4-6-1-2-7-8(3-6)17-5-16-7/h1-3H,4-5H2,(H,14,15). The maximum absolute atomic E-state index is 5.35. The quantitative estimate of drug-likeness (QED) is 0.711. The van der Waals surface area contributed by atoms with Gasteiger partial charge in [-0.2, -0.15) is 0 Å². The van der Waals surface area contributed by atoms with E-state index in [-0.39, 0.29) is 0 Å². The van der Waals surface area contributed by atoms with Gasteiger partial charge in [-0.15, -0.1) is 0 Å². The Balaban J connectivity index is 1.85. The van der Waals surface area contributed by atoms with E-state index >= 15 is 0 Å². The molecular weight excluding hydrogens is 446 g/mol. The van der Waals surface area contributed by atoms with Crippen molar-refractivity contribution in [2.75, 3.05) is 6.79 Å². The van der Waals surface area contributed by atoms with E-state index in [4.69, 9.17) is 9.47 Å². The average Bonchev–Trinajstić information content (AvgIpc) is 2.86. The fourth-order valence-electron chi connectivity index (χ4n) is 1.70. The lowest BCUT2D eigenvalue weighted by Crippen LogP contribution is -1.93. The molecule has 0 fully saturated rings. The summed E-state index contributed by atoms with van der Waals surface area (Å²) in [5.41, 5.74) is 1.16. The highest BCUT2D eigenvalue weighted by Crippen LogP contribution is 2.32. The van der Waals surface area contributed by atoms with E-state index < -0.39 is 0 Å². The molecule has 4 nitrogen and oxygen atoms in total. The highest BCUT2D eigenvalue weighted by molar-refractivity contribution is 14.1. The van der Waals surface area contributed by atoms with Gasteiger partial charge < -0.3 is 14.5 Å². The Morgan fingerprint density at radius 1 is 1.24 bits per heavy atom. The third-order valence-electron chi connectivity index (χ3n) is 2.48. The Morgan fingerprint density at radius 2 is 2.06 bits per heavy atom. The van der Waals surface area contributed by atoms with Crippen LogP contribution < -0.4 is 9.47 Å². The van der Waals surface area contributed by atoms with E-state index in [1.807, 2.05) is 18.2 Å². The molecule has 0 atom stereocenters. The minimum Gasteiger partial charge on any atom is -0.454 e. The van der Waals surface area contributed by atoms with Gasteiger partial charge in [0.25, 0.3) is 0 Å². The second kappa shape index (κ2) is 4.63. The topological polar surface area (TPSA) is 47.1 Å². The number of nitrogens with one attached hydrogen (secondary N) is 1. The van der Waals surface area contributed by atoms with Crippen molar-refractivity contribution in [1.82, 2.24) is 9.97 Å². The highest BCUT2D eigenvalue weighted by Gasteiger charge is 2.14. The van der Waals surface area contributed by atoms with Crippen LogP contribution in [0.5, 0.6) is 11.5 Å². The molecule has 3 rings (SSSR count). The zero-order valence-electron chi connectivity index (χ0n) is 8.67. The Labute approximate surface area is 125 Å². The summed E-state index contributed by atoms with van der Waals surface area (Å²) in [6.07, 6.45) is 0.773. The first-order valence-corrected chi connectivity index (χ1v) is 7.16. The van der Waals surface area contributed by atoms with Gasteiger partial charge in [-0.3, -0.25) is 0 Å². The van der Waals surface area contributed by atoms with Crippen LogP contribution in [-0.2, 0) is 6.42 Å². The lowest BCUT2D eigenvalue weighted by molar-refractivity contribution is 0.174. The van der Waals surface area contributed by atoms with Gasteiger partial charge in [-0.1, -0.05) is 6.07 Å². The van der Waals surface area contributed by atoms with Crippen LogP contribution >= 0.6 is 45.2 Å². The Kier molecular flexibility index (Phi) is 3.16. The molecule has 88 valence electrons. The number of hydrogen-bond acceptors (Lipinski definition) is 3. The monoisotopic (exact) mass is 454 g/mol. The van der Waals surface area contributed by atoms with Crippen LogP contribution in [0.4, 0.5) is 0 Å². The van der Waals surface area contributed by atoms with E-state index in [9.17, 15) is 0 Å². The maximum Gasteiger partial charge on any atom is 0.231 e. The number of nitrogens with zero attached hydrogens (tertiary/aromatic N) is 1. The van der Waals surface area contributed by atoms with Gasteiger partial charge in [0.1, 0.15) is 13.2 Å². The Hall–Kier alpha value is -0.510. The van der Waals surface area contributed by atoms with Gasteiger partial charge in [0.2, 0.25) is 6.79 Å². The summed E-state index contributed by atoms with van der Waals surface area (Å²) in [4.78, 5) is 7.71. The molecule has 6 heteroatoms. The molecule has 0 aliphatic carbocycles. The third kappa shape index (κ3) is 2.37. The molecule has 1 aromatic heterocycles. The van der Waals surface area contributed by atoms with E-state index in [1.165, 1.54) is 0 Å². The number of rotatable bonds is 2. The predicted molar refractivity (Wildman–Crippen MR) is 79.4 cm³/mol. The second-order valence-corrected chi connectivity index (χ2v) is 5.75. The fraction of sp³-hybridized carbons (Fsp3) is 0.182. The van der Waals surface area contributed by atoms with Crippen LogP contribution in [0.2, 0.25) is 0 Å². The molecule has 17 heavy (non-hydrogen) atoms. The first-order valence-electron chi connectivity index (χ1n) is 5.01. The number of ether oxygens (including phenoxy) is 2. The molecule has 0 saturated heterocycles. The lowest BCUT2D eigenvalue weighted by atomic mass is 10.1. The minimum absolute atomic E-state index is 0.315. The number of fused-ring (bicyclic) bond motifs is 1. The van der Waals surface area contributed by atoms with E-state index in [2.05, 4.69) is 55.1 Å². The molecule has 1 N–H and O–H groups in total. The number of aromatic amines is 1. The summed E-state index contributed by atoms with van der Waals surface area (Å²) < 4.78 is 12.7. The SMILES string of the molecule is Ic1nc(Cc2ccc3c(c2)OCO3)[nH]c1I. The number of hydrogen-bond donors (Lipinski definition) is 1. The van der Waals surface area contributed by atoms with Gasteiger partial charge in [0.05, 0.1) is 0 Å². The number of H-pyrrole nitrogens is 1. The molecule has 0 saturated carbocycles. The summed E-state index contributed by atoms with van der Waals surface area (Å²) >= 11 is 4.47. The molecule has 0 radical (unpaired) electrons. The largest absolute Gasteiger partial charge is 0.454 e. The molecule has 0 spiro atoms. The van der Waals surface area contributed by atoms with Gasteiger partial charge in [0.15, 0.2) is 11.5 Å². The molecular formula is C11H8I2N2O2. The van der Waals surface area contributed by atoms with Crippen LogP contribution in [0.3, 0.4) is 0 Å². The summed E-state index contributed by atoms with van der Waals surface area (Å²) in [6.45, 7) is 0.315. The van der Waals surface area contributed by atoms with Crippen LogP contribution in [0, 0.1) is 7.40 Å². The Morgan fingerprint density at radius 3 is 2.82 bits per heavy atom. The van der Waals surface area contributed by atoms with E-state index in [0.29, 0.717) is 6.79 Å². The van der Waals surface area contributed by atoms with Crippen molar-refractivity contribution in [2.24, 2.45) is 0 Å². The fourth-order valence-corrected chi connectivity index (χ4v) is 2.56.